The molecule has 2 aliphatic rings. The van der Waals surface area contributed by atoms with Crippen LogP contribution < -0.4 is 15.5 Å². The van der Waals surface area contributed by atoms with E-state index in [0.717, 1.165) is 18.7 Å². The van der Waals surface area contributed by atoms with E-state index in [9.17, 15) is 14.4 Å². The second-order valence-corrected chi connectivity index (χ2v) is 9.63. The summed E-state index contributed by atoms with van der Waals surface area (Å²) in [7, 11) is 0. The first-order valence-corrected chi connectivity index (χ1v) is 12.8. The van der Waals surface area contributed by atoms with Gasteiger partial charge in [0.15, 0.2) is 5.13 Å². The highest BCUT2D eigenvalue weighted by Gasteiger charge is 2.39. The lowest BCUT2D eigenvalue weighted by Crippen LogP contribution is -2.56. The average Bonchev–Trinajstić information content (AvgIpc) is 3.59. The lowest BCUT2D eigenvalue weighted by Gasteiger charge is -2.29. The summed E-state index contributed by atoms with van der Waals surface area (Å²) in [6.45, 7) is 2.13. The molecule has 0 spiro atoms. The molecule has 5 rings (SSSR count). The van der Waals surface area contributed by atoms with Crippen molar-refractivity contribution in [3.05, 3.63) is 77.3 Å². The molecule has 2 aromatic carbocycles. The highest BCUT2D eigenvalue weighted by molar-refractivity contribution is 7.13. The minimum atomic E-state index is -0.661. The van der Waals surface area contributed by atoms with Crippen molar-refractivity contribution < 1.29 is 19.1 Å². The van der Waals surface area contributed by atoms with Crippen LogP contribution in [0.5, 0.6) is 0 Å². The minimum absolute atomic E-state index is 0.139. The molecule has 0 radical (unpaired) electrons. The molecule has 9 nitrogen and oxygen atoms in total. The summed E-state index contributed by atoms with van der Waals surface area (Å²) in [5.74, 6) is -0.403. The number of nitrogens with one attached hydrogen (secondary N) is 2. The van der Waals surface area contributed by atoms with Crippen LogP contribution in [0.2, 0.25) is 0 Å². The van der Waals surface area contributed by atoms with Gasteiger partial charge in [-0.1, -0.05) is 30.3 Å². The van der Waals surface area contributed by atoms with Crippen LogP contribution in [0.25, 0.3) is 0 Å². The third kappa shape index (κ3) is 5.24. The Morgan fingerprint density at radius 2 is 1.89 bits per heavy atom. The molecule has 36 heavy (non-hydrogen) atoms. The maximum Gasteiger partial charge on any atom is 0.410 e. The van der Waals surface area contributed by atoms with Crippen molar-refractivity contribution in [3.8, 4) is 0 Å². The summed E-state index contributed by atoms with van der Waals surface area (Å²) in [6.07, 6.45) is 2.37. The molecular formula is C26H27N5O4S. The van der Waals surface area contributed by atoms with Gasteiger partial charge in [-0.25, -0.2) is 9.78 Å². The summed E-state index contributed by atoms with van der Waals surface area (Å²) >= 11 is 1.33. The zero-order valence-electron chi connectivity index (χ0n) is 19.6. The molecule has 0 saturated carbocycles. The number of hydrogen-bond acceptors (Lipinski definition) is 7. The van der Waals surface area contributed by atoms with E-state index < -0.39 is 12.1 Å². The second kappa shape index (κ2) is 10.9. The summed E-state index contributed by atoms with van der Waals surface area (Å²) in [5.41, 5.74) is 1.99. The van der Waals surface area contributed by atoms with Crippen LogP contribution in [0.15, 0.2) is 66.2 Å². The van der Waals surface area contributed by atoms with Gasteiger partial charge < -0.3 is 15.4 Å². The van der Waals surface area contributed by atoms with Crippen molar-refractivity contribution in [2.24, 2.45) is 0 Å². The SMILES string of the molecule is O=C(NC1CNC1)c1ccc(N(C(=O)C2CCCN2C(=O)OCc2ccccc2)c2nccs2)cc1. The Labute approximate surface area is 213 Å². The van der Waals surface area contributed by atoms with E-state index in [-0.39, 0.29) is 24.5 Å². The molecular weight excluding hydrogens is 478 g/mol. The van der Waals surface area contributed by atoms with E-state index in [1.54, 1.807) is 35.8 Å². The van der Waals surface area contributed by atoms with Gasteiger partial charge in [-0.3, -0.25) is 19.4 Å². The Morgan fingerprint density at radius 3 is 2.56 bits per heavy atom. The first kappa shape index (κ1) is 24.0. The van der Waals surface area contributed by atoms with Gasteiger partial charge in [0.2, 0.25) is 0 Å². The van der Waals surface area contributed by atoms with Crippen molar-refractivity contribution in [3.63, 3.8) is 0 Å². The molecule has 10 heteroatoms. The Kier molecular flexibility index (Phi) is 7.24. The summed E-state index contributed by atoms with van der Waals surface area (Å²) in [5, 5.41) is 8.39. The van der Waals surface area contributed by atoms with Crippen LogP contribution in [-0.4, -0.2) is 59.5 Å². The molecule has 3 aromatic rings. The molecule has 2 saturated heterocycles. The fourth-order valence-electron chi connectivity index (χ4n) is 4.27. The van der Waals surface area contributed by atoms with E-state index in [0.29, 0.717) is 35.8 Å². The van der Waals surface area contributed by atoms with Gasteiger partial charge in [-0.05, 0) is 42.7 Å². The molecule has 0 bridgehead atoms. The number of amides is 3. The number of benzene rings is 2. The van der Waals surface area contributed by atoms with E-state index in [1.165, 1.54) is 21.1 Å². The Balaban J connectivity index is 1.32. The van der Waals surface area contributed by atoms with Gasteiger partial charge in [0.25, 0.3) is 11.8 Å². The number of anilines is 2. The molecule has 3 amide bonds. The fraction of sp³-hybridized carbons (Fsp3) is 0.308. The molecule has 2 aliphatic heterocycles. The Bertz CT molecular complexity index is 1200. The van der Waals surface area contributed by atoms with Crippen molar-refractivity contribution >= 4 is 40.1 Å². The molecule has 186 valence electrons. The molecule has 1 unspecified atom stereocenters. The monoisotopic (exact) mass is 505 g/mol. The molecule has 0 aliphatic carbocycles. The number of carbonyl (C=O) groups excluding carboxylic acids is 3. The first-order chi connectivity index (χ1) is 17.6. The predicted octanol–water partition coefficient (Wildman–Crippen LogP) is 3.31. The van der Waals surface area contributed by atoms with Crippen LogP contribution in [0.1, 0.15) is 28.8 Å². The van der Waals surface area contributed by atoms with E-state index in [4.69, 9.17) is 4.74 Å². The Morgan fingerprint density at radius 1 is 1.11 bits per heavy atom. The zero-order valence-corrected chi connectivity index (χ0v) is 20.4. The van der Waals surface area contributed by atoms with Crippen molar-refractivity contribution in [1.82, 2.24) is 20.5 Å². The lowest BCUT2D eigenvalue weighted by atomic mass is 10.1. The predicted molar refractivity (Wildman–Crippen MR) is 136 cm³/mol. The summed E-state index contributed by atoms with van der Waals surface area (Å²) in [4.78, 5) is 46.6. The van der Waals surface area contributed by atoms with Crippen LogP contribution in [0, 0.1) is 0 Å². The third-order valence-electron chi connectivity index (χ3n) is 6.31. The quantitative estimate of drug-likeness (QED) is 0.511. The van der Waals surface area contributed by atoms with Gasteiger partial charge >= 0.3 is 6.09 Å². The lowest BCUT2D eigenvalue weighted by molar-refractivity contribution is -0.121. The normalized spacial score (nSPS) is 17.3. The maximum absolute atomic E-state index is 13.8. The largest absolute Gasteiger partial charge is 0.445 e. The standard InChI is InChI=1S/C26H27N5O4S/c32-23(29-20-15-27-16-20)19-8-10-21(11-9-19)31(25-28-12-14-36-25)24(33)22-7-4-13-30(22)26(34)35-17-18-5-2-1-3-6-18/h1-3,5-6,8-12,14,20,22,27H,4,7,13,15-17H2,(H,29,32). The number of hydrogen-bond donors (Lipinski definition) is 2. The number of likely N-dealkylation sites (tertiary alicyclic amines) is 1. The van der Waals surface area contributed by atoms with Gasteiger partial charge in [-0.2, -0.15) is 0 Å². The number of rotatable bonds is 7. The number of aromatic nitrogens is 1. The molecule has 1 aromatic heterocycles. The van der Waals surface area contributed by atoms with Crippen LogP contribution >= 0.6 is 11.3 Å². The van der Waals surface area contributed by atoms with Crippen molar-refractivity contribution in [2.45, 2.75) is 31.5 Å². The van der Waals surface area contributed by atoms with E-state index in [2.05, 4.69) is 15.6 Å². The van der Waals surface area contributed by atoms with Gasteiger partial charge in [-0.15, -0.1) is 11.3 Å². The second-order valence-electron chi connectivity index (χ2n) is 8.76. The number of carbonyl (C=O) groups is 3. The number of thiazole rings is 1. The average molecular weight is 506 g/mol. The van der Waals surface area contributed by atoms with Crippen molar-refractivity contribution in [1.29, 1.82) is 0 Å². The summed E-state index contributed by atoms with van der Waals surface area (Å²) in [6, 6.07) is 15.8. The van der Waals surface area contributed by atoms with Gasteiger partial charge in [0.05, 0.1) is 11.7 Å². The van der Waals surface area contributed by atoms with Crippen LogP contribution in [0.3, 0.4) is 0 Å². The van der Waals surface area contributed by atoms with E-state index in [1.807, 2.05) is 30.3 Å². The summed E-state index contributed by atoms with van der Waals surface area (Å²) < 4.78 is 5.51. The smallest absolute Gasteiger partial charge is 0.410 e. The number of nitrogens with zero attached hydrogens (tertiary/aromatic N) is 3. The minimum Gasteiger partial charge on any atom is -0.445 e. The molecule has 1 atom stereocenters. The first-order valence-electron chi connectivity index (χ1n) is 11.9. The highest BCUT2D eigenvalue weighted by atomic mass is 32.1. The molecule has 2 N–H and O–H groups in total. The highest BCUT2D eigenvalue weighted by Crippen LogP contribution is 2.31. The maximum atomic E-state index is 13.8. The third-order valence-corrected chi connectivity index (χ3v) is 7.07. The van der Waals surface area contributed by atoms with E-state index >= 15 is 0 Å². The molecule has 2 fully saturated rings. The topological polar surface area (TPSA) is 104 Å². The zero-order chi connectivity index (χ0) is 24.9. The number of ether oxygens (including phenoxy) is 1. The molecule has 3 heterocycles. The Hall–Kier alpha value is -3.76. The van der Waals surface area contributed by atoms with Crippen molar-refractivity contribution in [2.75, 3.05) is 24.5 Å². The van der Waals surface area contributed by atoms with Gasteiger partial charge in [0.1, 0.15) is 12.6 Å². The van der Waals surface area contributed by atoms with Crippen LogP contribution in [-0.2, 0) is 16.1 Å². The fourth-order valence-corrected chi connectivity index (χ4v) is 4.94. The van der Waals surface area contributed by atoms with Crippen LogP contribution in [0.4, 0.5) is 15.6 Å². The van der Waals surface area contributed by atoms with Gasteiger partial charge in [0, 0.05) is 36.8 Å².